The van der Waals surface area contributed by atoms with Crippen LogP contribution in [0.4, 0.5) is 0 Å². The molecule has 0 atom stereocenters. The Kier molecular flexibility index (Phi) is 6.53. The van der Waals surface area contributed by atoms with Crippen LogP contribution in [0.5, 0.6) is 0 Å². The smallest absolute Gasteiger partial charge is 0.138 e. The zero-order chi connectivity index (χ0) is 15.1. The molecule has 4 heteroatoms. The molecule has 1 saturated carbocycles. The van der Waals surface area contributed by atoms with Gasteiger partial charge in [-0.1, -0.05) is 33.1 Å². The molecule has 1 aromatic rings. The van der Waals surface area contributed by atoms with E-state index in [-0.39, 0.29) is 5.41 Å². The lowest BCUT2D eigenvalue weighted by Crippen LogP contribution is -2.32. The summed E-state index contributed by atoms with van der Waals surface area (Å²) in [6.07, 6.45) is 13.1. The molecule has 3 nitrogen and oxygen atoms in total. The first-order valence-corrected chi connectivity index (χ1v) is 9.19. The molecule has 0 aromatic carbocycles. The Balaban J connectivity index is 1.95. The molecule has 1 aliphatic rings. The highest BCUT2D eigenvalue weighted by molar-refractivity contribution is 6.18. The molecule has 0 bridgehead atoms. The van der Waals surface area contributed by atoms with Crippen molar-refractivity contribution in [3.8, 4) is 0 Å². The van der Waals surface area contributed by atoms with E-state index in [0.717, 1.165) is 37.0 Å². The van der Waals surface area contributed by atoms with Gasteiger partial charge in [0, 0.05) is 18.8 Å². The molecule has 1 heterocycles. The SMILES string of the molecule is CCCCC1CCC(CCl)(Cc2ncnn2CCC)CC1. The number of unbranched alkanes of at least 4 members (excludes halogenated alkanes) is 1. The monoisotopic (exact) mass is 311 g/mol. The summed E-state index contributed by atoms with van der Waals surface area (Å²) in [6.45, 7) is 5.43. The second-order valence-electron chi connectivity index (χ2n) is 6.80. The third kappa shape index (κ3) is 4.45. The molecular weight excluding hydrogens is 282 g/mol. The van der Waals surface area contributed by atoms with E-state index < -0.39 is 0 Å². The van der Waals surface area contributed by atoms with Crippen molar-refractivity contribution in [3.63, 3.8) is 0 Å². The van der Waals surface area contributed by atoms with E-state index >= 15 is 0 Å². The number of aryl methyl sites for hydroxylation is 1. The van der Waals surface area contributed by atoms with Crippen LogP contribution in [0.2, 0.25) is 0 Å². The Labute approximate surface area is 134 Å². The molecule has 0 amide bonds. The summed E-state index contributed by atoms with van der Waals surface area (Å²) in [5, 5.41) is 4.35. The van der Waals surface area contributed by atoms with Crippen molar-refractivity contribution in [2.45, 2.75) is 78.2 Å². The van der Waals surface area contributed by atoms with Gasteiger partial charge in [0.25, 0.3) is 0 Å². The molecule has 0 unspecified atom stereocenters. The molecule has 21 heavy (non-hydrogen) atoms. The first kappa shape index (κ1) is 16.8. The van der Waals surface area contributed by atoms with Crippen LogP contribution in [-0.2, 0) is 13.0 Å². The van der Waals surface area contributed by atoms with Gasteiger partial charge in [0.1, 0.15) is 12.2 Å². The Morgan fingerprint density at radius 2 is 2.05 bits per heavy atom. The Morgan fingerprint density at radius 1 is 1.29 bits per heavy atom. The minimum absolute atomic E-state index is 0.253. The minimum Gasteiger partial charge on any atom is -0.250 e. The fraction of sp³-hybridized carbons (Fsp3) is 0.882. The van der Waals surface area contributed by atoms with Crippen LogP contribution in [0, 0.1) is 11.3 Å². The van der Waals surface area contributed by atoms with Gasteiger partial charge in [0.15, 0.2) is 0 Å². The van der Waals surface area contributed by atoms with Crippen molar-refractivity contribution in [2.24, 2.45) is 11.3 Å². The summed E-state index contributed by atoms with van der Waals surface area (Å²) in [4.78, 5) is 4.48. The maximum Gasteiger partial charge on any atom is 0.138 e. The van der Waals surface area contributed by atoms with E-state index in [0.29, 0.717) is 0 Å². The topological polar surface area (TPSA) is 30.7 Å². The summed E-state index contributed by atoms with van der Waals surface area (Å²) in [5.41, 5.74) is 0.253. The highest BCUT2D eigenvalue weighted by Crippen LogP contribution is 2.43. The third-order valence-electron chi connectivity index (χ3n) is 5.08. The van der Waals surface area contributed by atoms with Crippen LogP contribution in [0.1, 0.15) is 71.0 Å². The fourth-order valence-corrected chi connectivity index (χ4v) is 3.95. The van der Waals surface area contributed by atoms with Crippen LogP contribution in [0.3, 0.4) is 0 Å². The fourth-order valence-electron chi connectivity index (χ4n) is 3.59. The molecule has 2 rings (SSSR count). The Bertz CT molecular complexity index is 408. The summed E-state index contributed by atoms with van der Waals surface area (Å²) >= 11 is 6.38. The van der Waals surface area contributed by atoms with Crippen molar-refractivity contribution in [1.82, 2.24) is 14.8 Å². The van der Waals surface area contributed by atoms with Crippen LogP contribution in [0.15, 0.2) is 6.33 Å². The molecule has 120 valence electrons. The van der Waals surface area contributed by atoms with Gasteiger partial charge in [0.2, 0.25) is 0 Å². The van der Waals surface area contributed by atoms with E-state index in [1.807, 2.05) is 0 Å². The van der Waals surface area contributed by atoms with E-state index in [2.05, 4.69) is 28.6 Å². The average Bonchev–Trinajstić information content (AvgIpc) is 2.94. The molecule has 0 radical (unpaired) electrons. The number of nitrogens with zero attached hydrogens (tertiary/aromatic N) is 3. The van der Waals surface area contributed by atoms with Gasteiger partial charge >= 0.3 is 0 Å². The van der Waals surface area contributed by atoms with Crippen LogP contribution >= 0.6 is 11.6 Å². The molecule has 1 aromatic heterocycles. The lowest BCUT2D eigenvalue weighted by Gasteiger charge is -2.39. The first-order valence-electron chi connectivity index (χ1n) is 8.65. The summed E-state index contributed by atoms with van der Waals surface area (Å²) < 4.78 is 2.07. The van der Waals surface area contributed by atoms with Gasteiger partial charge in [0.05, 0.1) is 0 Å². The van der Waals surface area contributed by atoms with E-state index in [1.54, 1.807) is 6.33 Å². The van der Waals surface area contributed by atoms with Crippen molar-refractivity contribution < 1.29 is 0 Å². The summed E-state index contributed by atoms with van der Waals surface area (Å²) in [6, 6.07) is 0. The number of aromatic nitrogens is 3. The van der Waals surface area contributed by atoms with Gasteiger partial charge in [-0.15, -0.1) is 11.6 Å². The largest absolute Gasteiger partial charge is 0.250 e. The van der Waals surface area contributed by atoms with Gasteiger partial charge < -0.3 is 0 Å². The maximum absolute atomic E-state index is 6.38. The highest BCUT2D eigenvalue weighted by Gasteiger charge is 2.35. The molecule has 1 aliphatic carbocycles. The van der Waals surface area contributed by atoms with Crippen molar-refractivity contribution in [3.05, 3.63) is 12.2 Å². The van der Waals surface area contributed by atoms with E-state index in [4.69, 9.17) is 11.6 Å². The van der Waals surface area contributed by atoms with Gasteiger partial charge in [-0.25, -0.2) is 4.98 Å². The standard InChI is InChI=1S/C17H30ClN3/c1-3-5-6-15-7-9-17(13-18,10-8-15)12-16-19-14-20-21(16)11-4-2/h14-15H,3-13H2,1-2H3. The number of alkyl halides is 1. The van der Waals surface area contributed by atoms with Crippen molar-refractivity contribution >= 4 is 11.6 Å². The van der Waals surface area contributed by atoms with Crippen molar-refractivity contribution in [2.75, 3.05) is 5.88 Å². The minimum atomic E-state index is 0.253. The van der Waals surface area contributed by atoms with E-state index in [9.17, 15) is 0 Å². The first-order chi connectivity index (χ1) is 10.2. The number of hydrogen-bond acceptors (Lipinski definition) is 2. The lowest BCUT2D eigenvalue weighted by atomic mass is 9.68. The normalized spacial score (nSPS) is 26.1. The lowest BCUT2D eigenvalue weighted by molar-refractivity contribution is 0.161. The summed E-state index contributed by atoms with van der Waals surface area (Å²) in [5.74, 6) is 2.81. The van der Waals surface area contributed by atoms with Crippen molar-refractivity contribution in [1.29, 1.82) is 0 Å². The molecule has 0 spiro atoms. The maximum atomic E-state index is 6.38. The predicted molar refractivity (Wildman–Crippen MR) is 88.7 cm³/mol. The average molecular weight is 312 g/mol. The molecule has 0 N–H and O–H groups in total. The zero-order valence-electron chi connectivity index (χ0n) is 13.7. The van der Waals surface area contributed by atoms with Gasteiger partial charge in [-0.3, -0.25) is 4.68 Å². The Morgan fingerprint density at radius 3 is 2.67 bits per heavy atom. The van der Waals surface area contributed by atoms with Crippen LogP contribution < -0.4 is 0 Å². The highest BCUT2D eigenvalue weighted by atomic mass is 35.5. The third-order valence-corrected chi connectivity index (χ3v) is 5.65. The van der Waals surface area contributed by atoms with Gasteiger partial charge in [-0.2, -0.15) is 5.10 Å². The van der Waals surface area contributed by atoms with Crippen LogP contribution in [0.25, 0.3) is 0 Å². The molecule has 0 aliphatic heterocycles. The number of rotatable bonds is 8. The molecule has 0 saturated heterocycles. The second kappa shape index (κ2) is 8.17. The van der Waals surface area contributed by atoms with Crippen LogP contribution in [-0.4, -0.2) is 20.6 Å². The number of halogens is 1. The number of hydrogen-bond donors (Lipinski definition) is 0. The van der Waals surface area contributed by atoms with Gasteiger partial charge in [-0.05, 0) is 43.4 Å². The zero-order valence-corrected chi connectivity index (χ0v) is 14.4. The molecule has 1 fully saturated rings. The Hall–Kier alpha value is -0.570. The second-order valence-corrected chi connectivity index (χ2v) is 7.06. The van der Waals surface area contributed by atoms with E-state index in [1.165, 1.54) is 44.9 Å². The predicted octanol–water partition coefficient (Wildman–Crippen LogP) is 4.84. The quantitative estimate of drug-likeness (QED) is 0.643. The summed E-state index contributed by atoms with van der Waals surface area (Å²) in [7, 11) is 0. The molecular formula is C17H30ClN3.